The first-order valence-electron chi connectivity index (χ1n) is 16.7. The van der Waals surface area contributed by atoms with Gasteiger partial charge in [0.25, 0.3) is 0 Å². The van der Waals surface area contributed by atoms with Crippen molar-refractivity contribution >= 4 is 64.8 Å². The molecule has 254 valence electrons. The van der Waals surface area contributed by atoms with Gasteiger partial charge in [0.05, 0.1) is 29.8 Å². The third kappa shape index (κ3) is 8.64. The van der Waals surface area contributed by atoms with Gasteiger partial charge in [0.2, 0.25) is 0 Å². The number of hydrogen-bond donors (Lipinski definition) is 2. The molecule has 2 N–H and O–H groups in total. The Morgan fingerprint density at radius 2 is 1.90 bits per heavy atom. The third-order valence-corrected chi connectivity index (χ3v) is 11.7. The highest BCUT2D eigenvalue weighted by molar-refractivity contribution is 7.99. The van der Waals surface area contributed by atoms with Crippen molar-refractivity contribution in [3.05, 3.63) is 112 Å². The van der Waals surface area contributed by atoms with Gasteiger partial charge < -0.3 is 15.2 Å². The van der Waals surface area contributed by atoms with E-state index in [-0.39, 0.29) is 41.0 Å². The van der Waals surface area contributed by atoms with Gasteiger partial charge in [-0.3, -0.25) is 4.79 Å². The lowest BCUT2D eigenvalue weighted by Gasteiger charge is -2.31. The maximum atomic E-state index is 13.2. The Balaban J connectivity index is 0.00000451. The molecule has 0 spiro atoms. The maximum absolute atomic E-state index is 13.2. The molecule has 2 heterocycles. The van der Waals surface area contributed by atoms with E-state index in [9.17, 15) is 9.90 Å². The number of fused-ring (bicyclic) bond motifs is 1. The summed E-state index contributed by atoms with van der Waals surface area (Å²) in [6, 6.07) is 27.1. The highest BCUT2D eigenvalue weighted by Crippen LogP contribution is 2.58. The Kier molecular flexibility index (Phi) is 12.0. The molecule has 0 radical (unpaired) electrons. The van der Waals surface area contributed by atoms with Gasteiger partial charge in [0.15, 0.2) is 0 Å². The molecule has 2 fully saturated rings. The number of halogens is 2. The number of pyridine rings is 1. The Morgan fingerprint density at radius 3 is 2.62 bits per heavy atom. The molecule has 8 heteroatoms. The number of carbonyl (C=O) groups is 1. The van der Waals surface area contributed by atoms with E-state index in [1.165, 1.54) is 18.2 Å². The second kappa shape index (κ2) is 15.8. The molecular weight excluding hydrogens is 659 g/mol. The number of aryl methyl sites for hydroxylation is 1. The van der Waals surface area contributed by atoms with Crippen molar-refractivity contribution in [1.29, 1.82) is 0 Å². The van der Waals surface area contributed by atoms with Crippen LogP contribution in [-0.4, -0.2) is 41.5 Å². The second-order valence-electron chi connectivity index (χ2n) is 13.7. The van der Waals surface area contributed by atoms with Crippen molar-refractivity contribution in [3.63, 3.8) is 0 Å². The summed E-state index contributed by atoms with van der Waals surface area (Å²) in [5.74, 6) is 0.722. The number of aliphatic hydroxyl groups is 1. The molecular formula is C40H46Cl2N2O3S. The summed E-state index contributed by atoms with van der Waals surface area (Å²) in [7, 11) is 1.53. The third-order valence-electron chi connectivity index (χ3n) is 9.84. The van der Waals surface area contributed by atoms with Crippen molar-refractivity contribution in [2.24, 2.45) is 11.3 Å². The molecule has 1 aromatic heterocycles. The molecule has 2 aliphatic rings. The van der Waals surface area contributed by atoms with Crippen LogP contribution in [0.1, 0.15) is 79.1 Å². The molecule has 0 amide bonds. The minimum atomic E-state index is -0.911. The highest BCUT2D eigenvalue weighted by atomic mass is 35.5. The number of nitrogens with one attached hydrogen (secondary N) is 1. The minimum absolute atomic E-state index is 0. The summed E-state index contributed by atoms with van der Waals surface area (Å²) in [4.78, 5) is 17.9. The lowest BCUT2D eigenvalue weighted by atomic mass is 9.83. The van der Waals surface area contributed by atoms with Crippen LogP contribution in [0.5, 0.6) is 0 Å². The van der Waals surface area contributed by atoms with E-state index < -0.39 is 5.60 Å². The molecule has 1 saturated heterocycles. The molecule has 48 heavy (non-hydrogen) atoms. The van der Waals surface area contributed by atoms with E-state index in [4.69, 9.17) is 21.3 Å². The quantitative estimate of drug-likeness (QED) is 0.135. The van der Waals surface area contributed by atoms with Crippen LogP contribution in [0.4, 0.5) is 0 Å². The monoisotopic (exact) mass is 704 g/mol. The van der Waals surface area contributed by atoms with Crippen LogP contribution in [0.25, 0.3) is 23.1 Å². The van der Waals surface area contributed by atoms with E-state index >= 15 is 0 Å². The Labute approximate surface area is 300 Å². The van der Waals surface area contributed by atoms with Gasteiger partial charge in [-0.05, 0) is 111 Å². The van der Waals surface area contributed by atoms with Crippen molar-refractivity contribution in [2.75, 3.05) is 19.4 Å². The molecule has 4 aromatic rings. The van der Waals surface area contributed by atoms with Gasteiger partial charge in [0, 0.05) is 27.5 Å². The average molecular weight is 706 g/mol. The number of hydrogen-bond acceptors (Lipinski definition) is 6. The number of aromatic nitrogens is 1. The van der Waals surface area contributed by atoms with Crippen LogP contribution in [-0.2, 0) is 21.6 Å². The molecule has 3 aromatic carbocycles. The SMILES string of the molecule is COC(=O)C(C1CCCN1)C1(CS[C@H](CCc2ccccc2C(C)(C)O)c2cccc(C=Cc3ccc4ccc(Cl)cc4n3)c2)CC1.Cl. The summed E-state index contributed by atoms with van der Waals surface area (Å²) < 4.78 is 5.37. The van der Waals surface area contributed by atoms with E-state index in [1.54, 1.807) is 0 Å². The van der Waals surface area contributed by atoms with Crippen molar-refractivity contribution in [2.45, 2.75) is 69.3 Å². The smallest absolute Gasteiger partial charge is 0.310 e. The zero-order valence-electron chi connectivity index (χ0n) is 28.0. The highest BCUT2D eigenvalue weighted by Gasteiger charge is 2.56. The Morgan fingerprint density at radius 1 is 1.10 bits per heavy atom. The molecule has 6 rings (SSSR count). The van der Waals surface area contributed by atoms with Crippen molar-refractivity contribution in [3.8, 4) is 0 Å². The van der Waals surface area contributed by atoms with Crippen LogP contribution in [0.3, 0.4) is 0 Å². The van der Waals surface area contributed by atoms with E-state index in [1.807, 2.05) is 62.0 Å². The zero-order valence-corrected chi connectivity index (χ0v) is 30.3. The maximum Gasteiger partial charge on any atom is 0.310 e. The van der Waals surface area contributed by atoms with Crippen LogP contribution in [0.15, 0.2) is 78.9 Å². The number of methoxy groups -OCH3 is 1. The Bertz CT molecular complexity index is 1740. The predicted octanol–water partition coefficient (Wildman–Crippen LogP) is 9.44. The van der Waals surface area contributed by atoms with E-state index in [0.717, 1.165) is 78.5 Å². The van der Waals surface area contributed by atoms with Gasteiger partial charge in [-0.1, -0.05) is 78.3 Å². The fraction of sp³-hybridized carbons (Fsp3) is 0.400. The lowest BCUT2D eigenvalue weighted by molar-refractivity contribution is -0.148. The molecule has 1 saturated carbocycles. The van der Waals surface area contributed by atoms with Gasteiger partial charge in [0.1, 0.15) is 0 Å². The molecule has 2 unspecified atom stereocenters. The minimum Gasteiger partial charge on any atom is -0.469 e. The summed E-state index contributed by atoms with van der Waals surface area (Å²) >= 11 is 8.19. The van der Waals surface area contributed by atoms with Crippen LogP contribution < -0.4 is 5.32 Å². The predicted molar refractivity (Wildman–Crippen MR) is 203 cm³/mol. The van der Waals surface area contributed by atoms with Gasteiger partial charge in [-0.15, -0.1) is 12.4 Å². The first-order chi connectivity index (χ1) is 22.6. The average Bonchev–Trinajstić information content (AvgIpc) is 3.65. The molecule has 5 nitrogen and oxygen atoms in total. The van der Waals surface area contributed by atoms with Gasteiger partial charge in [-0.2, -0.15) is 11.8 Å². The first-order valence-corrected chi connectivity index (χ1v) is 18.2. The molecule has 3 atom stereocenters. The van der Waals surface area contributed by atoms with E-state index in [0.29, 0.717) is 5.02 Å². The number of nitrogens with zero attached hydrogens (tertiary/aromatic N) is 1. The number of ether oxygens (including phenoxy) is 1. The number of benzene rings is 3. The summed E-state index contributed by atoms with van der Waals surface area (Å²) in [5.41, 5.74) is 5.33. The first kappa shape index (κ1) is 36.4. The fourth-order valence-corrected chi connectivity index (χ4v) is 8.94. The van der Waals surface area contributed by atoms with Gasteiger partial charge in [-0.25, -0.2) is 4.98 Å². The molecule has 1 aliphatic carbocycles. The summed E-state index contributed by atoms with van der Waals surface area (Å²) in [6.45, 7) is 4.68. The lowest BCUT2D eigenvalue weighted by Crippen LogP contribution is -2.43. The van der Waals surface area contributed by atoms with Crippen LogP contribution >= 0.6 is 35.8 Å². The van der Waals surface area contributed by atoms with Crippen molar-refractivity contribution in [1.82, 2.24) is 10.3 Å². The molecule has 1 aliphatic heterocycles. The number of thioether (sulfide) groups is 1. The number of rotatable bonds is 13. The van der Waals surface area contributed by atoms with Crippen molar-refractivity contribution < 1.29 is 14.6 Å². The number of carbonyl (C=O) groups excluding carboxylic acids is 1. The van der Waals surface area contributed by atoms with Crippen LogP contribution in [0, 0.1) is 11.3 Å². The zero-order chi connectivity index (χ0) is 33.0. The second-order valence-corrected chi connectivity index (χ2v) is 15.3. The standard InChI is InChI=1S/C40H45ClN2O3S.ClH/c1-39(2,45)33-11-5-4-9-28(33)16-20-36(47-26-40(21-22-40)37(38(44)46-3)34-12-7-23-42-34)30-10-6-8-27(24-30)13-18-32-19-15-29-14-17-31(41)25-35(29)43-32;/h4-6,8-11,13-15,17-19,24-25,34,36-37,42,45H,7,12,16,20-23,26H2,1-3H3;1H/t34?,36-,37?;/m1./s1. The Hall–Kier alpha value is -2.87. The number of esters is 1. The van der Waals surface area contributed by atoms with Gasteiger partial charge >= 0.3 is 5.97 Å². The molecule has 0 bridgehead atoms. The van der Waals surface area contributed by atoms with E-state index in [2.05, 4.69) is 59.9 Å². The van der Waals surface area contributed by atoms with Crippen LogP contribution in [0.2, 0.25) is 5.02 Å². The topological polar surface area (TPSA) is 71.5 Å². The normalized spacial score (nSPS) is 18.4. The fourth-order valence-electron chi connectivity index (χ4n) is 7.15. The summed E-state index contributed by atoms with van der Waals surface area (Å²) in [6.07, 6.45) is 10.2. The largest absolute Gasteiger partial charge is 0.469 e. The summed E-state index contributed by atoms with van der Waals surface area (Å²) in [5, 5.41) is 16.5.